The smallest absolute Gasteiger partial charge is 0.140 e. The van der Waals surface area contributed by atoms with Crippen molar-refractivity contribution in [3.05, 3.63) is 60.3 Å². The first-order valence-electron chi connectivity index (χ1n) is 12.3. The molecule has 1 saturated carbocycles. The Hall–Kier alpha value is -2.59. The van der Waals surface area contributed by atoms with Crippen molar-refractivity contribution in [1.82, 2.24) is 14.9 Å². The van der Waals surface area contributed by atoms with Crippen LogP contribution in [0.2, 0.25) is 0 Å². The number of benzene rings is 2. The van der Waals surface area contributed by atoms with Gasteiger partial charge in [0.05, 0.1) is 18.5 Å². The van der Waals surface area contributed by atoms with E-state index in [2.05, 4.69) is 59.3 Å². The van der Waals surface area contributed by atoms with E-state index < -0.39 is 0 Å². The summed E-state index contributed by atoms with van der Waals surface area (Å²) < 4.78 is 7.83. The third-order valence-corrected chi connectivity index (χ3v) is 6.65. The molecule has 0 amide bonds. The number of hydrogen-bond acceptors (Lipinski definition) is 3. The van der Waals surface area contributed by atoms with E-state index in [4.69, 9.17) is 9.72 Å². The molecule has 1 heterocycles. The number of rotatable bonds is 10. The van der Waals surface area contributed by atoms with Gasteiger partial charge in [-0.15, -0.1) is 0 Å². The van der Waals surface area contributed by atoms with E-state index in [0.29, 0.717) is 0 Å². The third kappa shape index (κ3) is 5.42. The Bertz CT molecular complexity index is 956. The van der Waals surface area contributed by atoms with Crippen molar-refractivity contribution in [3.8, 4) is 28.4 Å². The fraction of sp³-hybridized carbons (Fsp3) is 0.464. The number of nitrogens with one attached hydrogen (secondary N) is 1. The summed E-state index contributed by atoms with van der Waals surface area (Å²) in [6.07, 6.45) is 9.22. The molecule has 1 N–H and O–H groups in total. The van der Waals surface area contributed by atoms with Crippen LogP contribution >= 0.6 is 0 Å². The van der Waals surface area contributed by atoms with E-state index in [0.717, 1.165) is 54.8 Å². The zero-order valence-corrected chi connectivity index (χ0v) is 19.6. The molecule has 1 fully saturated rings. The summed E-state index contributed by atoms with van der Waals surface area (Å²) in [7, 11) is 1.71. The number of imidazole rings is 1. The van der Waals surface area contributed by atoms with Crippen LogP contribution in [0.3, 0.4) is 0 Å². The van der Waals surface area contributed by atoms with Gasteiger partial charge in [-0.05, 0) is 56.0 Å². The first kappa shape index (κ1) is 22.6. The lowest BCUT2D eigenvalue weighted by molar-refractivity contribution is 0.340. The predicted molar refractivity (Wildman–Crippen MR) is 133 cm³/mol. The van der Waals surface area contributed by atoms with Gasteiger partial charge in [-0.3, -0.25) is 0 Å². The van der Waals surface area contributed by atoms with E-state index in [1.165, 1.54) is 49.8 Å². The molecular weight excluding hydrogens is 394 g/mol. The molecule has 0 atom stereocenters. The Balaban J connectivity index is 1.69. The number of methoxy groups -OCH3 is 1. The number of nitrogens with zero attached hydrogens (tertiary/aromatic N) is 2. The van der Waals surface area contributed by atoms with Crippen LogP contribution in [0.25, 0.3) is 22.6 Å². The second kappa shape index (κ2) is 11.3. The molecular formula is C28H37N3O. The average Bonchev–Trinajstić information content (AvgIpc) is 3.22. The Labute approximate surface area is 193 Å². The van der Waals surface area contributed by atoms with E-state index in [1.807, 2.05) is 12.1 Å². The molecule has 1 aliphatic carbocycles. The Morgan fingerprint density at radius 1 is 0.969 bits per heavy atom. The predicted octanol–water partition coefficient (Wildman–Crippen LogP) is 6.70. The van der Waals surface area contributed by atoms with Crippen LogP contribution in [0, 0.1) is 5.92 Å². The standard InChI is InChI=1S/C28H37N3O/c1-3-4-19-31-26(21-29-20-22-11-7-5-8-12-22)27(23-15-17-25(32-2)18-16-23)30-28(31)24-13-9-6-10-14-24/h6,9-10,13-18,22,29H,3-5,7-8,11-12,19-21H2,1-2H3. The minimum atomic E-state index is 0.814. The van der Waals surface area contributed by atoms with Crippen molar-refractivity contribution in [1.29, 1.82) is 0 Å². The number of ether oxygens (including phenoxy) is 1. The monoisotopic (exact) mass is 431 g/mol. The molecule has 32 heavy (non-hydrogen) atoms. The minimum Gasteiger partial charge on any atom is -0.497 e. The van der Waals surface area contributed by atoms with Crippen LogP contribution in [0.15, 0.2) is 54.6 Å². The van der Waals surface area contributed by atoms with Gasteiger partial charge in [0.25, 0.3) is 0 Å². The summed E-state index contributed by atoms with van der Waals surface area (Å²) in [5.41, 5.74) is 4.70. The zero-order chi connectivity index (χ0) is 22.2. The molecule has 170 valence electrons. The van der Waals surface area contributed by atoms with Gasteiger partial charge in [-0.25, -0.2) is 4.98 Å². The highest BCUT2D eigenvalue weighted by molar-refractivity contribution is 5.69. The molecule has 2 aromatic carbocycles. The number of hydrogen-bond donors (Lipinski definition) is 1. The van der Waals surface area contributed by atoms with Crippen LogP contribution in [-0.2, 0) is 13.1 Å². The lowest BCUT2D eigenvalue weighted by Gasteiger charge is -2.22. The van der Waals surface area contributed by atoms with E-state index >= 15 is 0 Å². The Morgan fingerprint density at radius 2 is 1.72 bits per heavy atom. The van der Waals surface area contributed by atoms with Crippen LogP contribution < -0.4 is 10.1 Å². The summed E-state index contributed by atoms with van der Waals surface area (Å²) in [4.78, 5) is 5.21. The van der Waals surface area contributed by atoms with Gasteiger partial charge < -0.3 is 14.6 Å². The quantitative estimate of drug-likeness (QED) is 0.388. The summed E-state index contributed by atoms with van der Waals surface area (Å²) in [6.45, 7) is 5.19. The first-order valence-corrected chi connectivity index (χ1v) is 12.3. The number of unbranched alkanes of at least 4 members (excludes halogenated alkanes) is 1. The van der Waals surface area contributed by atoms with Gasteiger partial charge in [0.15, 0.2) is 0 Å². The molecule has 1 aromatic heterocycles. The summed E-state index contributed by atoms with van der Waals surface area (Å²) >= 11 is 0. The molecule has 4 nitrogen and oxygen atoms in total. The highest BCUT2D eigenvalue weighted by Crippen LogP contribution is 2.31. The zero-order valence-electron chi connectivity index (χ0n) is 19.6. The molecule has 0 radical (unpaired) electrons. The topological polar surface area (TPSA) is 39.1 Å². The fourth-order valence-corrected chi connectivity index (χ4v) is 4.80. The largest absolute Gasteiger partial charge is 0.497 e. The van der Waals surface area contributed by atoms with Crippen molar-refractivity contribution >= 4 is 0 Å². The fourth-order valence-electron chi connectivity index (χ4n) is 4.80. The first-order chi connectivity index (χ1) is 15.8. The van der Waals surface area contributed by atoms with Gasteiger partial charge in [-0.1, -0.05) is 62.9 Å². The van der Waals surface area contributed by atoms with E-state index in [9.17, 15) is 0 Å². The van der Waals surface area contributed by atoms with Crippen LogP contribution in [-0.4, -0.2) is 23.2 Å². The van der Waals surface area contributed by atoms with E-state index in [-0.39, 0.29) is 0 Å². The van der Waals surface area contributed by atoms with Crippen molar-refractivity contribution in [3.63, 3.8) is 0 Å². The molecule has 4 rings (SSSR count). The highest BCUT2D eigenvalue weighted by atomic mass is 16.5. The van der Waals surface area contributed by atoms with Gasteiger partial charge in [-0.2, -0.15) is 0 Å². The lowest BCUT2D eigenvalue weighted by Crippen LogP contribution is -2.25. The van der Waals surface area contributed by atoms with Crippen molar-refractivity contribution in [2.45, 2.75) is 65.0 Å². The summed E-state index contributed by atoms with van der Waals surface area (Å²) in [6, 6.07) is 18.9. The van der Waals surface area contributed by atoms with Gasteiger partial charge in [0.1, 0.15) is 11.6 Å². The molecule has 0 saturated heterocycles. The third-order valence-electron chi connectivity index (χ3n) is 6.65. The van der Waals surface area contributed by atoms with Crippen molar-refractivity contribution in [2.24, 2.45) is 5.92 Å². The molecule has 4 heteroatoms. The molecule has 1 aliphatic rings. The molecule has 0 aliphatic heterocycles. The molecule has 3 aromatic rings. The summed E-state index contributed by atoms with van der Waals surface area (Å²) in [5, 5.41) is 3.80. The SMILES string of the molecule is CCCCn1c(-c2ccccc2)nc(-c2ccc(OC)cc2)c1CNCC1CCCCC1. The highest BCUT2D eigenvalue weighted by Gasteiger charge is 2.20. The normalized spacial score (nSPS) is 14.6. The second-order valence-corrected chi connectivity index (χ2v) is 8.97. The van der Waals surface area contributed by atoms with Crippen molar-refractivity contribution in [2.75, 3.05) is 13.7 Å². The van der Waals surface area contributed by atoms with Crippen molar-refractivity contribution < 1.29 is 4.74 Å². The van der Waals surface area contributed by atoms with Crippen LogP contribution in [0.5, 0.6) is 5.75 Å². The second-order valence-electron chi connectivity index (χ2n) is 8.97. The van der Waals surface area contributed by atoms with Crippen LogP contribution in [0.1, 0.15) is 57.6 Å². The maximum absolute atomic E-state index is 5.38. The number of aromatic nitrogens is 2. The van der Waals surface area contributed by atoms with Crippen LogP contribution in [0.4, 0.5) is 0 Å². The minimum absolute atomic E-state index is 0.814. The van der Waals surface area contributed by atoms with Gasteiger partial charge in [0, 0.05) is 24.2 Å². The Morgan fingerprint density at radius 3 is 2.41 bits per heavy atom. The maximum atomic E-state index is 5.38. The molecule has 0 spiro atoms. The maximum Gasteiger partial charge on any atom is 0.140 e. The Kier molecular flexibility index (Phi) is 8.00. The van der Waals surface area contributed by atoms with Gasteiger partial charge in [0.2, 0.25) is 0 Å². The molecule has 0 unspecified atom stereocenters. The average molecular weight is 432 g/mol. The lowest BCUT2D eigenvalue weighted by atomic mass is 9.89. The molecule has 0 bridgehead atoms. The summed E-state index contributed by atoms with van der Waals surface area (Å²) in [5.74, 6) is 2.76. The van der Waals surface area contributed by atoms with Gasteiger partial charge >= 0.3 is 0 Å². The van der Waals surface area contributed by atoms with E-state index in [1.54, 1.807) is 7.11 Å².